The number of hydrogen-bond donors (Lipinski definition) is 2. The number of rotatable bonds is 6. The molecule has 2 aromatic rings. The number of nitrogens with two attached hydrogens (primary N) is 1. The molecule has 1 aromatic heterocycles. The van der Waals surface area contributed by atoms with Gasteiger partial charge in [-0.15, -0.1) is 11.3 Å². The summed E-state index contributed by atoms with van der Waals surface area (Å²) in [5, 5.41) is 2.23. The number of benzene rings is 1. The van der Waals surface area contributed by atoms with Gasteiger partial charge in [0.1, 0.15) is 0 Å². The second-order valence-electron chi connectivity index (χ2n) is 5.32. The normalized spacial score (nSPS) is 13.4. The molecule has 0 bridgehead atoms. The van der Waals surface area contributed by atoms with Crippen molar-refractivity contribution in [2.75, 3.05) is 0 Å². The van der Waals surface area contributed by atoms with Crippen molar-refractivity contribution in [2.24, 2.45) is 5.84 Å². The predicted molar refractivity (Wildman–Crippen MR) is 87.8 cm³/mol. The second-order valence-corrected chi connectivity index (χ2v) is 6.43. The molecule has 1 atom stereocenters. The van der Waals surface area contributed by atoms with E-state index in [4.69, 9.17) is 5.84 Å². The molecule has 0 aliphatic carbocycles. The van der Waals surface area contributed by atoms with E-state index in [9.17, 15) is 0 Å². The lowest BCUT2D eigenvalue weighted by atomic mass is 9.68. The summed E-state index contributed by atoms with van der Waals surface area (Å²) < 4.78 is 0. The van der Waals surface area contributed by atoms with Gasteiger partial charge in [-0.2, -0.15) is 0 Å². The van der Waals surface area contributed by atoms with Crippen LogP contribution in [0.1, 0.15) is 48.7 Å². The summed E-state index contributed by atoms with van der Waals surface area (Å²) in [5.41, 5.74) is 5.76. The summed E-state index contributed by atoms with van der Waals surface area (Å²) in [4.78, 5) is 1.33. The molecule has 0 saturated heterocycles. The van der Waals surface area contributed by atoms with Crippen molar-refractivity contribution in [3.8, 4) is 0 Å². The number of aryl methyl sites for hydroxylation is 1. The summed E-state index contributed by atoms with van der Waals surface area (Å²) >= 11 is 1.78. The molecular formula is C17H24N2S. The van der Waals surface area contributed by atoms with E-state index in [-0.39, 0.29) is 11.5 Å². The Morgan fingerprint density at radius 2 is 1.85 bits per heavy atom. The lowest BCUT2D eigenvalue weighted by Gasteiger charge is -2.40. The van der Waals surface area contributed by atoms with E-state index < -0.39 is 0 Å². The van der Waals surface area contributed by atoms with Gasteiger partial charge in [-0.1, -0.05) is 44.2 Å². The van der Waals surface area contributed by atoms with Gasteiger partial charge in [0.25, 0.3) is 0 Å². The molecule has 20 heavy (non-hydrogen) atoms. The van der Waals surface area contributed by atoms with Crippen LogP contribution in [0.25, 0.3) is 0 Å². The molecule has 108 valence electrons. The van der Waals surface area contributed by atoms with Gasteiger partial charge in [0.05, 0.1) is 6.04 Å². The van der Waals surface area contributed by atoms with Gasteiger partial charge in [0, 0.05) is 10.3 Å². The highest BCUT2D eigenvalue weighted by Crippen LogP contribution is 2.43. The van der Waals surface area contributed by atoms with Gasteiger partial charge in [-0.05, 0) is 42.3 Å². The summed E-state index contributed by atoms with van der Waals surface area (Å²) in [6, 6.07) is 13.1. The van der Waals surface area contributed by atoms with Crippen LogP contribution in [-0.4, -0.2) is 0 Å². The SMILES string of the molecule is CCC(CC)(c1ccccc1)C(NN)c1csc(C)c1. The minimum atomic E-state index is 0.0313. The van der Waals surface area contributed by atoms with Gasteiger partial charge >= 0.3 is 0 Å². The van der Waals surface area contributed by atoms with E-state index in [0.717, 1.165) is 12.8 Å². The van der Waals surface area contributed by atoms with Gasteiger partial charge in [0.15, 0.2) is 0 Å². The zero-order valence-corrected chi connectivity index (χ0v) is 13.3. The van der Waals surface area contributed by atoms with Crippen LogP contribution in [0.15, 0.2) is 41.8 Å². The third kappa shape index (κ3) is 2.66. The van der Waals surface area contributed by atoms with Gasteiger partial charge in [-0.3, -0.25) is 11.3 Å². The number of hydrazine groups is 1. The Labute approximate surface area is 126 Å². The standard InChI is InChI=1S/C17H24N2S/c1-4-17(5-2,15-9-7-6-8-10-15)16(19-18)14-11-13(3)20-12-14/h6-12,16,19H,4-5,18H2,1-3H3. The first-order valence-corrected chi connectivity index (χ1v) is 8.12. The van der Waals surface area contributed by atoms with E-state index in [2.05, 4.69) is 68.0 Å². The molecule has 0 aliphatic heterocycles. The molecule has 1 aromatic carbocycles. The zero-order chi connectivity index (χ0) is 14.6. The molecule has 0 radical (unpaired) electrons. The summed E-state index contributed by atoms with van der Waals surface area (Å²) in [7, 11) is 0. The molecule has 2 nitrogen and oxygen atoms in total. The van der Waals surface area contributed by atoms with Crippen molar-refractivity contribution < 1.29 is 0 Å². The van der Waals surface area contributed by atoms with Crippen molar-refractivity contribution in [3.63, 3.8) is 0 Å². The smallest absolute Gasteiger partial charge is 0.0564 e. The monoisotopic (exact) mass is 288 g/mol. The Bertz CT molecular complexity index is 529. The minimum absolute atomic E-state index is 0.0313. The van der Waals surface area contributed by atoms with Crippen LogP contribution >= 0.6 is 11.3 Å². The van der Waals surface area contributed by atoms with E-state index in [1.807, 2.05) is 0 Å². The molecule has 0 saturated carbocycles. The van der Waals surface area contributed by atoms with Gasteiger partial charge in [0.2, 0.25) is 0 Å². The predicted octanol–water partition coefficient (Wildman–Crippen LogP) is 4.32. The molecule has 0 fully saturated rings. The number of hydrogen-bond acceptors (Lipinski definition) is 3. The minimum Gasteiger partial charge on any atom is -0.271 e. The Hall–Kier alpha value is -1.16. The van der Waals surface area contributed by atoms with Crippen LogP contribution in [-0.2, 0) is 5.41 Å². The van der Waals surface area contributed by atoms with E-state index in [0.29, 0.717) is 0 Å². The maximum atomic E-state index is 5.94. The first-order chi connectivity index (χ1) is 9.67. The molecule has 1 heterocycles. The maximum Gasteiger partial charge on any atom is 0.0564 e. The van der Waals surface area contributed by atoms with E-state index in [1.165, 1.54) is 16.0 Å². The van der Waals surface area contributed by atoms with E-state index >= 15 is 0 Å². The van der Waals surface area contributed by atoms with Crippen LogP contribution in [0, 0.1) is 6.92 Å². The fourth-order valence-corrected chi connectivity index (χ4v) is 3.92. The molecular weight excluding hydrogens is 264 g/mol. The quantitative estimate of drug-likeness (QED) is 0.613. The summed E-state index contributed by atoms with van der Waals surface area (Å²) in [6.45, 7) is 6.64. The largest absolute Gasteiger partial charge is 0.271 e. The number of nitrogens with one attached hydrogen (secondary N) is 1. The number of thiophene rings is 1. The average molecular weight is 288 g/mol. The Kier molecular flexibility index (Phi) is 4.97. The molecule has 0 amide bonds. The summed E-state index contributed by atoms with van der Waals surface area (Å²) in [6.07, 6.45) is 2.11. The third-order valence-corrected chi connectivity index (χ3v) is 5.29. The maximum absolute atomic E-state index is 5.94. The summed E-state index contributed by atoms with van der Waals surface area (Å²) in [5.74, 6) is 5.94. The Balaban J connectivity index is 2.50. The lowest BCUT2D eigenvalue weighted by Crippen LogP contribution is -2.44. The highest BCUT2D eigenvalue weighted by Gasteiger charge is 2.38. The fourth-order valence-electron chi connectivity index (χ4n) is 3.19. The van der Waals surface area contributed by atoms with Crippen LogP contribution < -0.4 is 11.3 Å². The van der Waals surface area contributed by atoms with Crippen molar-refractivity contribution in [1.82, 2.24) is 5.43 Å². The fraction of sp³-hybridized carbons (Fsp3) is 0.412. The van der Waals surface area contributed by atoms with Crippen LogP contribution in [0.2, 0.25) is 0 Å². The van der Waals surface area contributed by atoms with Crippen molar-refractivity contribution >= 4 is 11.3 Å². The van der Waals surface area contributed by atoms with Crippen molar-refractivity contribution in [3.05, 3.63) is 57.8 Å². The molecule has 2 rings (SSSR count). The Morgan fingerprint density at radius 3 is 2.30 bits per heavy atom. The van der Waals surface area contributed by atoms with Crippen LogP contribution in [0.4, 0.5) is 0 Å². The topological polar surface area (TPSA) is 38.0 Å². The lowest BCUT2D eigenvalue weighted by molar-refractivity contribution is 0.277. The highest BCUT2D eigenvalue weighted by molar-refractivity contribution is 7.10. The third-order valence-electron chi connectivity index (χ3n) is 4.41. The Morgan fingerprint density at radius 1 is 1.20 bits per heavy atom. The molecule has 3 N–H and O–H groups in total. The molecule has 3 heteroatoms. The first-order valence-electron chi connectivity index (χ1n) is 7.24. The first kappa shape index (κ1) is 15.2. The van der Waals surface area contributed by atoms with E-state index in [1.54, 1.807) is 11.3 Å². The molecule has 0 aliphatic rings. The molecule has 1 unspecified atom stereocenters. The zero-order valence-electron chi connectivity index (χ0n) is 12.5. The second kappa shape index (κ2) is 6.53. The average Bonchev–Trinajstić information content (AvgIpc) is 2.92. The van der Waals surface area contributed by atoms with Crippen LogP contribution in [0.3, 0.4) is 0 Å². The van der Waals surface area contributed by atoms with Crippen molar-refractivity contribution in [2.45, 2.75) is 45.1 Å². The van der Waals surface area contributed by atoms with Crippen LogP contribution in [0.5, 0.6) is 0 Å². The van der Waals surface area contributed by atoms with Crippen molar-refractivity contribution in [1.29, 1.82) is 0 Å². The van der Waals surface area contributed by atoms with Gasteiger partial charge < -0.3 is 0 Å². The highest BCUT2D eigenvalue weighted by atomic mass is 32.1. The van der Waals surface area contributed by atoms with Gasteiger partial charge in [-0.25, -0.2) is 0 Å². The molecule has 0 spiro atoms.